The molecule has 0 atom stereocenters. The second-order valence-electron chi connectivity index (χ2n) is 11.4. The van der Waals surface area contributed by atoms with Gasteiger partial charge in [-0.05, 0) is 84.9 Å². The van der Waals surface area contributed by atoms with Crippen LogP contribution in [0.4, 0.5) is 0 Å². The summed E-state index contributed by atoms with van der Waals surface area (Å²) in [4.78, 5) is 13.5. The number of fused-ring (bicyclic) bond motifs is 8. The Morgan fingerprint density at radius 1 is 0.419 bits per heavy atom. The summed E-state index contributed by atoms with van der Waals surface area (Å²) in [6.45, 7) is 0. The number of benzene rings is 7. The molecule has 0 aliphatic carbocycles. The highest BCUT2D eigenvalue weighted by atomic mass is 16.1. The van der Waals surface area contributed by atoms with Gasteiger partial charge >= 0.3 is 5.69 Å². The fourth-order valence-electron chi connectivity index (χ4n) is 7.10. The van der Waals surface area contributed by atoms with Gasteiger partial charge in [0.1, 0.15) is 0 Å². The van der Waals surface area contributed by atoms with Crippen molar-refractivity contribution >= 4 is 59.6 Å². The van der Waals surface area contributed by atoms with Crippen LogP contribution in [0, 0.1) is 0 Å². The average molecular weight is 551 g/mol. The normalized spacial score (nSPS) is 11.9. The Labute approximate surface area is 247 Å². The maximum Gasteiger partial charge on any atom is 0.333 e. The Bertz CT molecular complexity index is 2600. The van der Waals surface area contributed by atoms with E-state index in [-0.39, 0.29) is 5.69 Å². The van der Waals surface area contributed by atoms with Crippen LogP contribution in [0.1, 0.15) is 0 Å². The number of rotatable bonds is 2. The summed E-state index contributed by atoms with van der Waals surface area (Å²) < 4.78 is 3.61. The summed E-state index contributed by atoms with van der Waals surface area (Å²) in [5.41, 5.74) is 7.56. The molecule has 0 radical (unpaired) electrons. The molecule has 0 fully saturated rings. The Morgan fingerprint density at radius 2 is 0.953 bits per heavy atom. The fraction of sp³-hybridized carbons (Fsp3) is 0.0250. The van der Waals surface area contributed by atoms with Crippen LogP contribution >= 0.6 is 0 Å². The highest BCUT2D eigenvalue weighted by Gasteiger charge is 2.18. The number of hydrogen-bond donors (Lipinski definition) is 0. The lowest BCUT2D eigenvalue weighted by atomic mass is 9.85. The number of aromatic nitrogens is 2. The first kappa shape index (κ1) is 24.0. The lowest BCUT2D eigenvalue weighted by Gasteiger charge is -2.18. The zero-order chi connectivity index (χ0) is 28.7. The minimum absolute atomic E-state index is 0.0351. The van der Waals surface area contributed by atoms with Crippen molar-refractivity contribution in [3.05, 3.63) is 150 Å². The molecular formula is C40H26N2O. The monoisotopic (exact) mass is 550 g/mol. The van der Waals surface area contributed by atoms with Crippen molar-refractivity contribution in [2.75, 3.05) is 0 Å². The first-order chi connectivity index (χ1) is 21.2. The van der Waals surface area contributed by atoms with Gasteiger partial charge in [-0.25, -0.2) is 4.79 Å². The van der Waals surface area contributed by atoms with Crippen LogP contribution in [-0.4, -0.2) is 8.97 Å². The van der Waals surface area contributed by atoms with Gasteiger partial charge in [-0.1, -0.05) is 109 Å². The predicted molar refractivity (Wildman–Crippen MR) is 181 cm³/mol. The van der Waals surface area contributed by atoms with Crippen LogP contribution in [0.3, 0.4) is 0 Å². The Balaban J connectivity index is 1.40. The minimum atomic E-state index is -0.0351. The lowest BCUT2D eigenvalue weighted by Crippen LogP contribution is -2.24. The summed E-state index contributed by atoms with van der Waals surface area (Å²) >= 11 is 0. The van der Waals surface area contributed by atoms with Gasteiger partial charge in [0.05, 0.1) is 16.6 Å². The average Bonchev–Trinajstić information content (AvgIpc) is 3.46. The molecule has 9 aromatic rings. The smallest absolute Gasteiger partial charge is 0.296 e. The molecule has 0 bridgehead atoms. The minimum Gasteiger partial charge on any atom is -0.296 e. The van der Waals surface area contributed by atoms with E-state index in [0.717, 1.165) is 32.9 Å². The Hall–Kier alpha value is -5.67. The largest absolute Gasteiger partial charge is 0.333 e. The van der Waals surface area contributed by atoms with Crippen molar-refractivity contribution in [1.29, 1.82) is 0 Å². The third kappa shape index (κ3) is 3.39. The standard InChI is InChI=1S/C40H26N2O/c1-41-36-21-20-29(23-34(36)37-24-27-12-4-9-17-35(27)42(37)40(41)43)39-32-15-7-5-13-30(32)38(31-14-6-8-16-33(31)39)28-19-18-25-10-2-3-11-26(25)22-28/h2-24H,1H3. The van der Waals surface area contributed by atoms with E-state index in [1.807, 2.05) is 29.6 Å². The summed E-state index contributed by atoms with van der Waals surface area (Å²) in [5.74, 6) is 0. The molecule has 9 rings (SSSR count). The number of nitrogens with zero attached hydrogens (tertiary/aromatic N) is 2. The summed E-state index contributed by atoms with van der Waals surface area (Å²) in [5, 5.41) is 9.48. The van der Waals surface area contributed by atoms with Crippen LogP contribution < -0.4 is 5.69 Å². The Kier molecular flexibility index (Phi) is 4.97. The van der Waals surface area contributed by atoms with E-state index in [9.17, 15) is 4.79 Å². The lowest BCUT2D eigenvalue weighted by molar-refractivity contribution is 0.838. The number of para-hydroxylation sites is 1. The van der Waals surface area contributed by atoms with Gasteiger partial charge in [-0.3, -0.25) is 8.97 Å². The van der Waals surface area contributed by atoms with E-state index in [1.165, 1.54) is 49.0 Å². The van der Waals surface area contributed by atoms with Crippen molar-refractivity contribution in [1.82, 2.24) is 8.97 Å². The topological polar surface area (TPSA) is 26.4 Å². The zero-order valence-corrected chi connectivity index (χ0v) is 23.6. The molecule has 202 valence electrons. The molecule has 0 unspecified atom stereocenters. The summed E-state index contributed by atoms with van der Waals surface area (Å²) in [7, 11) is 1.86. The zero-order valence-electron chi connectivity index (χ0n) is 23.6. The SMILES string of the molecule is Cn1c(=O)n2c3ccccc3cc2c2cc(-c3c4ccccc4c(-c4ccc5ccccc5c4)c4ccccc34)ccc21. The number of aryl methyl sites for hydroxylation is 1. The van der Waals surface area contributed by atoms with Crippen molar-refractivity contribution < 1.29 is 0 Å². The van der Waals surface area contributed by atoms with Crippen molar-refractivity contribution in [2.45, 2.75) is 0 Å². The fourth-order valence-corrected chi connectivity index (χ4v) is 7.10. The first-order valence-electron chi connectivity index (χ1n) is 14.6. The third-order valence-electron chi connectivity index (χ3n) is 9.08. The van der Waals surface area contributed by atoms with Crippen LogP contribution in [-0.2, 0) is 7.05 Å². The summed E-state index contributed by atoms with van der Waals surface area (Å²) in [6.07, 6.45) is 0. The molecule has 0 N–H and O–H groups in total. The third-order valence-corrected chi connectivity index (χ3v) is 9.08. The second-order valence-corrected chi connectivity index (χ2v) is 11.4. The Morgan fingerprint density at radius 3 is 1.63 bits per heavy atom. The highest BCUT2D eigenvalue weighted by molar-refractivity contribution is 6.22. The van der Waals surface area contributed by atoms with E-state index < -0.39 is 0 Å². The van der Waals surface area contributed by atoms with Gasteiger partial charge in [0.2, 0.25) is 0 Å². The van der Waals surface area contributed by atoms with Gasteiger partial charge < -0.3 is 0 Å². The van der Waals surface area contributed by atoms with E-state index in [0.29, 0.717) is 0 Å². The molecule has 7 aromatic carbocycles. The molecule has 0 amide bonds. The van der Waals surface area contributed by atoms with E-state index in [1.54, 1.807) is 4.57 Å². The number of hydrogen-bond acceptors (Lipinski definition) is 1. The molecule has 3 nitrogen and oxygen atoms in total. The molecule has 2 aromatic heterocycles. The van der Waals surface area contributed by atoms with Crippen molar-refractivity contribution in [3.8, 4) is 22.3 Å². The van der Waals surface area contributed by atoms with Gasteiger partial charge in [0.15, 0.2) is 0 Å². The van der Waals surface area contributed by atoms with E-state index >= 15 is 0 Å². The van der Waals surface area contributed by atoms with Crippen LogP contribution in [0.25, 0.3) is 81.9 Å². The molecule has 0 aliphatic rings. The van der Waals surface area contributed by atoms with Crippen LogP contribution in [0.15, 0.2) is 144 Å². The van der Waals surface area contributed by atoms with Gasteiger partial charge in [0.25, 0.3) is 0 Å². The predicted octanol–water partition coefficient (Wildman–Crippen LogP) is 9.74. The molecule has 0 aliphatic heterocycles. The molecule has 2 heterocycles. The van der Waals surface area contributed by atoms with Crippen LogP contribution in [0.5, 0.6) is 0 Å². The van der Waals surface area contributed by atoms with E-state index in [2.05, 4.69) is 121 Å². The molecule has 0 saturated carbocycles. The van der Waals surface area contributed by atoms with Crippen LogP contribution in [0.2, 0.25) is 0 Å². The molecule has 43 heavy (non-hydrogen) atoms. The quantitative estimate of drug-likeness (QED) is 0.197. The van der Waals surface area contributed by atoms with Crippen molar-refractivity contribution in [3.63, 3.8) is 0 Å². The molecule has 0 saturated heterocycles. The van der Waals surface area contributed by atoms with Gasteiger partial charge in [-0.2, -0.15) is 0 Å². The molecule has 0 spiro atoms. The second kappa shape index (κ2) is 8.91. The van der Waals surface area contributed by atoms with Gasteiger partial charge in [-0.15, -0.1) is 0 Å². The van der Waals surface area contributed by atoms with E-state index in [4.69, 9.17) is 0 Å². The molecular weight excluding hydrogens is 524 g/mol. The maximum atomic E-state index is 13.5. The first-order valence-corrected chi connectivity index (χ1v) is 14.6. The molecule has 3 heteroatoms. The van der Waals surface area contributed by atoms with Crippen molar-refractivity contribution in [2.24, 2.45) is 7.05 Å². The highest BCUT2D eigenvalue weighted by Crippen LogP contribution is 2.44. The van der Waals surface area contributed by atoms with Gasteiger partial charge in [0, 0.05) is 17.8 Å². The summed E-state index contributed by atoms with van der Waals surface area (Å²) in [6, 6.07) is 49.6. The maximum absolute atomic E-state index is 13.5.